The molecule has 0 aromatic heterocycles. The van der Waals surface area contributed by atoms with Crippen molar-refractivity contribution in [1.82, 2.24) is 10.2 Å². The number of nitrogens with two attached hydrogens (primary N) is 1. The van der Waals surface area contributed by atoms with Crippen molar-refractivity contribution in [2.45, 2.75) is 19.3 Å². The van der Waals surface area contributed by atoms with Crippen LogP contribution < -0.4 is 11.1 Å². The van der Waals surface area contributed by atoms with Crippen LogP contribution in [0.4, 0.5) is 4.79 Å². The summed E-state index contributed by atoms with van der Waals surface area (Å²) in [5.41, 5.74) is 5.11. The number of piperidine rings is 1. The highest BCUT2D eigenvalue weighted by Gasteiger charge is 2.22. The number of carbonyl (C=O) groups is 2. The molecule has 3 N–H and O–H groups in total. The Bertz CT molecular complexity index is 222. The predicted molar refractivity (Wildman–Crippen MR) is 52.6 cm³/mol. The van der Waals surface area contributed by atoms with Gasteiger partial charge >= 0.3 is 6.03 Å². The Hall–Kier alpha value is -1.26. The van der Waals surface area contributed by atoms with Crippen molar-refractivity contribution in [1.29, 1.82) is 0 Å². The average Bonchev–Trinajstić information content (AvgIpc) is 2.17. The van der Waals surface area contributed by atoms with Gasteiger partial charge in [-0.25, -0.2) is 4.79 Å². The minimum Gasteiger partial charge on any atom is -0.370 e. The van der Waals surface area contributed by atoms with E-state index in [0.717, 1.165) is 25.9 Å². The van der Waals surface area contributed by atoms with Crippen LogP contribution in [0.5, 0.6) is 0 Å². The van der Waals surface area contributed by atoms with E-state index in [4.69, 9.17) is 5.73 Å². The average molecular weight is 199 g/mol. The summed E-state index contributed by atoms with van der Waals surface area (Å²) in [6.07, 6.45) is 2.19. The first-order chi connectivity index (χ1) is 6.63. The molecule has 1 fully saturated rings. The highest BCUT2D eigenvalue weighted by molar-refractivity contribution is 5.75. The number of nitrogens with one attached hydrogen (secondary N) is 1. The summed E-state index contributed by atoms with van der Waals surface area (Å²) in [5.74, 6) is 0.108. The van der Waals surface area contributed by atoms with Crippen molar-refractivity contribution in [3.8, 4) is 0 Å². The lowest BCUT2D eigenvalue weighted by Crippen LogP contribution is -2.43. The largest absolute Gasteiger partial charge is 0.370 e. The van der Waals surface area contributed by atoms with Gasteiger partial charge in [-0.2, -0.15) is 0 Å². The summed E-state index contributed by atoms with van der Waals surface area (Å²) in [7, 11) is 1.62. The van der Waals surface area contributed by atoms with Crippen LogP contribution in [0.1, 0.15) is 19.3 Å². The Morgan fingerprint density at radius 3 is 2.43 bits per heavy atom. The molecule has 0 bridgehead atoms. The van der Waals surface area contributed by atoms with Crippen LogP contribution in [0.25, 0.3) is 0 Å². The summed E-state index contributed by atoms with van der Waals surface area (Å²) >= 11 is 0. The van der Waals surface area contributed by atoms with Gasteiger partial charge in [-0.15, -0.1) is 0 Å². The minimum atomic E-state index is -0.247. The van der Waals surface area contributed by atoms with Gasteiger partial charge in [0.05, 0.1) is 0 Å². The van der Waals surface area contributed by atoms with Gasteiger partial charge in [-0.1, -0.05) is 0 Å². The summed E-state index contributed by atoms with van der Waals surface area (Å²) < 4.78 is 0. The van der Waals surface area contributed by atoms with Gasteiger partial charge < -0.3 is 16.0 Å². The second-order valence-electron chi connectivity index (χ2n) is 3.66. The number of hydrogen-bond donors (Lipinski definition) is 2. The van der Waals surface area contributed by atoms with E-state index in [1.807, 2.05) is 0 Å². The van der Waals surface area contributed by atoms with Gasteiger partial charge in [0.2, 0.25) is 5.91 Å². The lowest BCUT2D eigenvalue weighted by Gasteiger charge is -2.31. The molecule has 0 radical (unpaired) electrons. The SMILES string of the molecule is CNC(=O)N1CCC(CC(N)=O)CC1. The lowest BCUT2D eigenvalue weighted by atomic mass is 9.93. The third-order valence-corrected chi connectivity index (χ3v) is 2.61. The molecule has 80 valence electrons. The van der Waals surface area contributed by atoms with Crippen molar-refractivity contribution in [3.05, 3.63) is 0 Å². The molecule has 0 atom stereocenters. The molecule has 0 aliphatic carbocycles. The van der Waals surface area contributed by atoms with Gasteiger partial charge in [-0.3, -0.25) is 4.79 Å². The maximum atomic E-state index is 11.2. The Labute approximate surface area is 83.6 Å². The molecule has 1 rings (SSSR count). The fourth-order valence-electron chi connectivity index (χ4n) is 1.78. The Balaban J connectivity index is 2.31. The highest BCUT2D eigenvalue weighted by atomic mass is 16.2. The molecule has 5 nitrogen and oxygen atoms in total. The van der Waals surface area contributed by atoms with Crippen LogP contribution in [0.15, 0.2) is 0 Å². The minimum absolute atomic E-state index is 0.0393. The van der Waals surface area contributed by atoms with E-state index in [-0.39, 0.29) is 11.9 Å². The van der Waals surface area contributed by atoms with Gasteiger partial charge in [0, 0.05) is 26.6 Å². The second kappa shape index (κ2) is 4.83. The van der Waals surface area contributed by atoms with Gasteiger partial charge in [0.15, 0.2) is 0 Å². The molecule has 0 aromatic rings. The summed E-state index contributed by atoms with van der Waals surface area (Å²) in [6.45, 7) is 1.44. The number of nitrogens with zero attached hydrogens (tertiary/aromatic N) is 1. The monoisotopic (exact) mass is 199 g/mol. The molecule has 5 heteroatoms. The maximum absolute atomic E-state index is 11.2. The second-order valence-corrected chi connectivity index (χ2v) is 3.66. The zero-order valence-electron chi connectivity index (χ0n) is 8.45. The molecule has 0 spiro atoms. The van der Waals surface area contributed by atoms with Crippen LogP contribution in [0, 0.1) is 5.92 Å². The lowest BCUT2D eigenvalue weighted by molar-refractivity contribution is -0.119. The Kier molecular flexibility index (Phi) is 3.73. The first-order valence-electron chi connectivity index (χ1n) is 4.88. The van der Waals surface area contributed by atoms with E-state index in [0.29, 0.717) is 12.3 Å². The maximum Gasteiger partial charge on any atom is 0.317 e. The quantitative estimate of drug-likeness (QED) is 0.652. The first-order valence-corrected chi connectivity index (χ1v) is 4.88. The molecule has 14 heavy (non-hydrogen) atoms. The summed E-state index contributed by atoms with van der Waals surface area (Å²) in [6, 6.07) is -0.0393. The van der Waals surface area contributed by atoms with Crippen LogP contribution in [-0.4, -0.2) is 37.0 Å². The van der Waals surface area contributed by atoms with E-state index in [1.54, 1.807) is 11.9 Å². The molecule has 0 saturated carbocycles. The first kappa shape index (κ1) is 10.8. The number of urea groups is 1. The fraction of sp³-hybridized carbons (Fsp3) is 0.778. The molecule has 1 heterocycles. The van der Waals surface area contributed by atoms with E-state index in [2.05, 4.69) is 5.32 Å². The van der Waals surface area contributed by atoms with E-state index in [1.165, 1.54) is 0 Å². The molecular weight excluding hydrogens is 182 g/mol. The zero-order chi connectivity index (χ0) is 10.6. The number of hydrogen-bond acceptors (Lipinski definition) is 2. The van der Waals surface area contributed by atoms with Crippen LogP contribution in [0.2, 0.25) is 0 Å². The standard InChI is InChI=1S/C9H17N3O2/c1-11-9(14)12-4-2-7(3-5-12)6-8(10)13/h7H,2-6H2,1H3,(H2,10,13)(H,11,14). The molecule has 1 aliphatic rings. The zero-order valence-corrected chi connectivity index (χ0v) is 8.45. The van der Waals surface area contributed by atoms with E-state index in [9.17, 15) is 9.59 Å². The van der Waals surface area contributed by atoms with Gasteiger partial charge in [-0.05, 0) is 18.8 Å². The normalized spacial score (nSPS) is 17.9. The van der Waals surface area contributed by atoms with Gasteiger partial charge in [0.1, 0.15) is 0 Å². The summed E-state index contributed by atoms with van der Waals surface area (Å²) in [4.78, 5) is 23.6. The fourth-order valence-corrected chi connectivity index (χ4v) is 1.78. The molecule has 0 aromatic carbocycles. The van der Waals surface area contributed by atoms with Gasteiger partial charge in [0.25, 0.3) is 0 Å². The topological polar surface area (TPSA) is 75.4 Å². The van der Waals surface area contributed by atoms with Crippen molar-refractivity contribution in [2.75, 3.05) is 20.1 Å². The van der Waals surface area contributed by atoms with E-state index < -0.39 is 0 Å². The number of rotatable bonds is 2. The smallest absolute Gasteiger partial charge is 0.317 e. The molecule has 0 unspecified atom stereocenters. The van der Waals surface area contributed by atoms with Crippen molar-refractivity contribution in [2.24, 2.45) is 11.7 Å². The van der Waals surface area contributed by atoms with Crippen molar-refractivity contribution >= 4 is 11.9 Å². The van der Waals surface area contributed by atoms with Crippen molar-refractivity contribution < 1.29 is 9.59 Å². The Morgan fingerprint density at radius 2 is 2.00 bits per heavy atom. The van der Waals surface area contributed by atoms with Crippen LogP contribution >= 0.6 is 0 Å². The number of carbonyl (C=O) groups excluding carboxylic acids is 2. The molecule has 1 saturated heterocycles. The highest BCUT2D eigenvalue weighted by Crippen LogP contribution is 2.19. The van der Waals surface area contributed by atoms with Crippen molar-refractivity contribution in [3.63, 3.8) is 0 Å². The molecule has 3 amide bonds. The molecule has 1 aliphatic heterocycles. The third kappa shape index (κ3) is 2.90. The molecular formula is C9H17N3O2. The summed E-state index contributed by atoms with van der Waals surface area (Å²) in [5, 5.41) is 2.59. The number of likely N-dealkylation sites (tertiary alicyclic amines) is 1. The van der Waals surface area contributed by atoms with Crippen LogP contribution in [0.3, 0.4) is 0 Å². The number of amides is 3. The number of primary amides is 1. The predicted octanol–water partition coefficient (Wildman–Crippen LogP) is -0.0868. The Morgan fingerprint density at radius 1 is 1.43 bits per heavy atom. The van der Waals surface area contributed by atoms with Crippen LogP contribution in [-0.2, 0) is 4.79 Å². The van der Waals surface area contributed by atoms with E-state index >= 15 is 0 Å². The third-order valence-electron chi connectivity index (χ3n) is 2.61.